The molecule has 0 N–H and O–H groups in total. The summed E-state index contributed by atoms with van der Waals surface area (Å²) in [4.78, 5) is 51.5. The van der Waals surface area contributed by atoms with Gasteiger partial charge in [-0.1, -0.05) is 60.1 Å². The highest BCUT2D eigenvalue weighted by atomic mass is 35.5. The molecule has 0 spiro atoms. The zero-order valence-corrected chi connectivity index (χ0v) is 22.3. The SMILES string of the molecule is C[C@H](C(=O)OCC(=O)c1ccc(Cl)cc1)N1C(=O)[C@@H]2[C@@H](C1=O)C1(Cl)c3ccccc3C2(Cl)c2ccccc21. The molecule has 0 radical (unpaired) electrons. The van der Waals surface area contributed by atoms with Crippen molar-refractivity contribution in [3.05, 3.63) is 106 Å². The van der Waals surface area contributed by atoms with E-state index in [-0.39, 0.29) is 0 Å². The lowest BCUT2D eigenvalue weighted by Gasteiger charge is -2.54. The monoisotopic (exact) mass is 567 g/mol. The molecule has 1 heterocycles. The van der Waals surface area contributed by atoms with Crippen molar-refractivity contribution in [3.8, 4) is 0 Å². The summed E-state index contributed by atoms with van der Waals surface area (Å²) >= 11 is 20.6. The first kappa shape index (κ1) is 25.1. The molecule has 2 bridgehead atoms. The molecule has 3 aromatic rings. The van der Waals surface area contributed by atoms with Gasteiger partial charge in [-0.2, -0.15) is 0 Å². The molecule has 38 heavy (non-hydrogen) atoms. The number of nitrogens with zero attached hydrogens (tertiary/aromatic N) is 1. The van der Waals surface area contributed by atoms with Crippen LogP contribution in [-0.2, 0) is 28.9 Å². The number of rotatable bonds is 5. The second kappa shape index (κ2) is 8.67. The Morgan fingerprint density at radius 1 is 0.816 bits per heavy atom. The number of likely N-dealkylation sites (tertiary alicyclic amines) is 1. The van der Waals surface area contributed by atoms with Crippen LogP contribution in [0.4, 0.5) is 0 Å². The number of hydrogen-bond acceptors (Lipinski definition) is 5. The van der Waals surface area contributed by atoms with Crippen LogP contribution in [0.3, 0.4) is 0 Å². The first-order chi connectivity index (χ1) is 18.1. The first-order valence-electron chi connectivity index (χ1n) is 12.0. The topological polar surface area (TPSA) is 80.8 Å². The second-order valence-corrected chi connectivity index (χ2v) is 11.4. The number of hydrogen-bond donors (Lipinski definition) is 0. The van der Waals surface area contributed by atoms with Gasteiger partial charge in [0, 0.05) is 10.6 Å². The Morgan fingerprint density at radius 3 is 1.66 bits per heavy atom. The molecule has 6 nitrogen and oxygen atoms in total. The van der Waals surface area contributed by atoms with Crippen LogP contribution in [0.15, 0.2) is 72.8 Å². The highest BCUT2D eigenvalue weighted by Gasteiger charge is 2.73. The van der Waals surface area contributed by atoms with Crippen molar-refractivity contribution < 1.29 is 23.9 Å². The van der Waals surface area contributed by atoms with E-state index in [1.807, 2.05) is 48.5 Å². The first-order valence-corrected chi connectivity index (χ1v) is 13.1. The smallest absolute Gasteiger partial charge is 0.329 e. The molecule has 1 aliphatic heterocycles. The lowest BCUT2D eigenvalue weighted by Crippen LogP contribution is -2.57. The van der Waals surface area contributed by atoms with Crippen molar-refractivity contribution in [2.24, 2.45) is 11.8 Å². The predicted molar refractivity (Wildman–Crippen MR) is 141 cm³/mol. The van der Waals surface area contributed by atoms with E-state index in [4.69, 9.17) is 39.5 Å². The number of halogens is 3. The Hall–Kier alpha value is -3.19. The maximum absolute atomic E-state index is 13.9. The summed E-state index contributed by atoms with van der Waals surface area (Å²) in [5.74, 6) is -4.58. The number of amides is 2. The second-order valence-electron chi connectivity index (χ2n) is 9.73. The standard InChI is InChI=1S/C29H20Cl3NO5/c1-15(27(37)38-14-22(34)16-10-12-17(30)13-11-16)33-25(35)23-24(26(33)36)29(32)19-7-3-2-6-18(19)28(23,31)20-8-4-5-9-21(20)29/h2-13,15,23-24H,14H2,1H3/t15-,23+,24+,28?,29?/m1/s1. The summed E-state index contributed by atoms with van der Waals surface area (Å²) in [6, 6.07) is 19.4. The average molecular weight is 569 g/mol. The van der Waals surface area contributed by atoms with Crippen molar-refractivity contribution in [2.45, 2.75) is 22.7 Å². The van der Waals surface area contributed by atoms with Crippen molar-refractivity contribution in [2.75, 3.05) is 6.61 Å². The number of carbonyl (C=O) groups is 4. The summed E-state index contributed by atoms with van der Waals surface area (Å²) in [5.41, 5.74) is 2.99. The Labute approximate surface area is 233 Å². The van der Waals surface area contributed by atoms with Gasteiger partial charge in [0.2, 0.25) is 11.8 Å². The minimum Gasteiger partial charge on any atom is -0.456 e. The van der Waals surface area contributed by atoms with Crippen molar-refractivity contribution in [3.63, 3.8) is 0 Å². The number of Topliss-reactive ketones (excluding diaryl/α,β-unsaturated/α-hetero) is 1. The van der Waals surface area contributed by atoms with Crippen molar-refractivity contribution in [1.29, 1.82) is 0 Å². The summed E-state index contributed by atoms with van der Waals surface area (Å²) in [6.07, 6.45) is 0. The predicted octanol–water partition coefficient (Wildman–Crippen LogP) is 5.05. The van der Waals surface area contributed by atoms with E-state index < -0.39 is 57.8 Å². The van der Waals surface area contributed by atoms with Crippen LogP contribution in [0.25, 0.3) is 0 Å². The van der Waals surface area contributed by atoms with Gasteiger partial charge >= 0.3 is 5.97 Å². The van der Waals surface area contributed by atoms with E-state index in [0.29, 0.717) is 32.8 Å². The maximum Gasteiger partial charge on any atom is 0.329 e. The summed E-state index contributed by atoms with van der Waals surface area (Å²) in [6.45, 7) is 0.843. The van der Waals surface area contributed by atoms with E-state index in [1.54, 1.807) is 12.1 Å². The van der Waals surface area contributed by atoms with Gasteiger partial charge in [-0.15, -0.1) is 23.2 Å². The highest BCUT2D eigenvalue weighted by molar-refractivity contribution is 6.36. The Bertz CT molecular complexity index is 1410. The number of alkyl halides is 2. The third-order valence-corrected chi connectivity index (χ3v) is 9.40. The molecule has 3 aliphatic carbocycles. The maximum atomic E-state index is 13.9. The van der Waals surface area contributed by atoms with Gasteiger partial charge in [-0.05, 0) is 53.4 Å². The van der Waals surface area contributed by atoms with Crippen LogP contribution < -0.4 is 0 Å². The van der Waals surface area contributed by atoms with E-state index in [1.165, 1.54) is 19.1 Å². The van der Waals surface area contributed by atoms with E-state index in [0.717, 1.165) is 4.90 Å². The molecular weight excluding hydrogens is 549 g/mol. The number of carbonyl (C=O) groups excluding carboxylic acids is 4. The third-order valence-electron chi connectivity index (χ3n) is 7.86. The fourth-order valence-corrected chi connectivity index (χ4v) is 7.38. The van der Waals surface area contributed by atoms with Crippen LogP contribution in [0, 0.1) is 11.8 Å². The normalized spacial score (nSPS) is 27.4. The van der Waals surface area contributed by atoms with Gasteiger partial charge < -0.3 is 4.74 Å². The molecule has 3 atom stereocenters. The van der Waals surface area contributed by atoms with Gasteiger partial charge in [0.15, 0.2) is 12.4 Å². The molecule has 4 aliphatic rings. The molecule has 9 heteroatoms. The Morgan fingerprint density at radius 2 is 1.24 bits per heavy atom. The number of esters is 1. The lowest BCUT2D eigenvalue weighted by atomic mass is 9.54. The van der Waals surface area contributed by atoms with E-state index >= 15 is 0 Å². The van der Waals surface area contributed by atoms with Crippen LogP contribution in [0.5, 0.6) is 0 Å². The molecule has 192 valence electrons. The molecule has 1 saturated heterocycles. The summed E-state index contributed by atoms with van der Waals surface area (Å²) < 4.78 is 5.22. The number of ketones is 1. The number of benzene rings is 3. The van der Waals surface area contributed by atoms with Crippen LogP contribution >= 0.6 is 34.8 Å². The molecule has 3 aromatic carbocycles. The van der Waals surface area contributed by atoms with Gasteiger partial charge in [0.1, 0.15) is 15.8 Å². The number of ether oxygens (including phenoxy) is 1. The van der Waals surface area contributed by atoms with Crippen LogP contribution in [-0.4, -0.2) is 41.1 Å². The fourth-order valence-electron chi connectivity index (χ4n) is 6.15. The van der Waals surface area contributed by atoms with Crippen LogP contribution in [0.2, 0.25) is 5.02 Å². The molecule has 0 saturated carbocycles. The molecule has 7 rings (SSSR count). The minimum atomic E-state index is -1.34. The summed E-state index contributed by atoms with van der Waals surface area (Å²) in [7, 11) is 0. The van der Waals surface area contributed by atoms with Gasteiger partial charge in [0.05, 0.1) is 11.8 Å². The minimum absolute atomic E-state index is 0.314. The zero-order chi connectivity index (χ0) is 27.0. The average Bonchev–Trinajstić information content (AvgIpc) is 3.21. The molecule has 0 unspecified atom stereocenters. The molecular formula is C29H20Cl3NO5. The van der Waals surface area contributed by atoms with Gasteiger partial charge in [-0.25, -0.2) is 4.79 Å². The van der Waals surface area contributed by atoms with Crippen molar-refractivity contribution in [1.82, 2.24) is 4.90 Å². The molecule has 2 amide bonds. The van der Waals surface area contributed by atoms with Gasteiger partial charge in [-0.3, -0.25) is 19.3 Å². The van der Waals surface area contributed by atoms with E-state index in [9.17, 15) is 19.2 Å². The largest absolute Gasteiger partial charge is 0.456 e. The summed E-state index contributed by atoms with van der Waals surface area (Å²) in [5, 5.41) is 0.465. The third kappa shape index (κ3) is 3.20. The Kier molecular flexibility index (Phi) is 5.73. The van der Waals surface area contributed by atoms with Crippen LogP contribution in [0.1, 0.15) is 39.5 Å². The Balaban J connectivity index is 1.33. The molecule has 0 aromatic heterocycles. The zero-order valence-electron chi connectivity index (χ0n) is 20.0. The van der Waals surface area contributed by atoms with E-state index in [2.05, 4.69) is 0 Å². The fraction of sp³-hybridized carbons (Fsp3) is 0.241. The van der Waals surface area contributed by atoms with Crippen molar-refractivity contribution >= 4 is 58.4 Å². The van der Waals surface area contributed by atoms with Gasteiger partial charge in [0.25, 0.3) is 0 Å². The molecule has 1 fully saturated rings. The quantitative estimate of drug-likeness (QED) is 0.186. The lowest BCUT2D eigenvalue weighted by molar-refractivity contribution is -0.157. The number of imide groups is 1. The highest BCUT2D eigenvalue weighted by Crippen LogP contribution is 2.69.